The fraction of sp³-hybridized carbons (Fsp3) is 0.150. The zero-order chi connectivity index (χ0) is 19.9. The Balaban J connectivity index is 1.61. The molecule has 0 fully saturated rings. The van der Waals surface area contributed by atoms with Crippen molar-refractivity contribution in [3.63, 3.8) is 0 Å². The van der Waals surface area contributed by atoms with Crippen molar-refractivity contribution in [3.8, 4) is 0 Å². The summed E-state index contributed by atoms with van der Waals surface area (Å²) in [5.74, 6) is -0.237. The lowest BCUT2D eigenvalue weighted by atomic mass is 10.1. The molecule has 28 heavy (non-hydrogen) atoms. The fourth-order valence-corrected chi connectivity index (χ4v) is 3.54. The van der Waals surface area contributed by atoms with E-state index in [2.05, 4.69) is 10.6 Å². The Morgan fingerprint density at radius 2 is 1.86 bits per heavy atom. The molecule has 0 saturated carbocycles. The Morgan fingerprint density at radius 3 is 2.50 bits per heavy atom. The molecule has 0 saturated heterocycles. The zero-order valence-electron chi connectivity index (χ0n) is 15.0. The first kappa shape index (κ1) is 19.4. The Labute approximate surface area is 165 Å². The average Bonchev–Trinajstić information content (AvgIpc) is 3.19. The lowest BCUT2D eigenvalue weighted by molar-refractivity contribution is -0.116. The molecule has 3 aromatic rings. The van der Waals surface area contributed by atoms with Crippen LogP contribution in [0.25, 0.3) is 0 Å². The maximum Gasteiger partial charge on any atom is 0.312 e. The highest BCUT2D eigenvalue weighted by atomic mass is 32.1. The minimum absolute atomic E-state index is 0.0681. The Bertz CT molecular complexity index is 997. The van der Waals surface area contributed by atoms with E-state index >= 15 is 0 Å². The molecular formula is C20H20N4O3S. The highest BCUT2D eigenvalue weighted by Crippen LogP contribution is 2.22. The first-order chi connectivity index (χ1) is 13.5. The molecule has 0 aliphatic heterocycles. The van der Waals surface area contributed by atoms with E-state index in [0.29, 0.717) is 12.2 Å². The first-order valence-corrected chi connectivity index (χ1v) is 9.53. The molecule has 144 valence electrons. The largest absolute Gasteiger partial charge is 0.352 e. The smallest absolute Gasteiger partial charge is 0.312 e. The highest BCUT2D eigenvalue weighted by molar-refractivity contribution is 7.10. The SMILES string of the molecule is NC(=O)NC(CC(=O)Nc1ccc(Cn2ccccc2=O)cc1)c1cccs1. The molecule has 0 bridgehead atoms. The Hall–Kier alpha value is -3.39. The number of hydrogen-bond donors (Lipinski definition) is 3. The number of carbonyl (C=O) groups is 2. The van der Waals surface area contributed by atoms with Gasteiger partial charge < -0.3 is 20.9 Å². The summed E-state index contributed by atoms with van der Waals surface area (Å²) >= 11 is 1.45. The number of anilines is 1. The number of rotatable bonds is 7. The minimum Gasteiger partial charge on any atom is -0.352 e. The number of nitrogens with one attached hydrogen (secondary N) is 2. The minimum atomic E-state index is -0.674. The maximum absolute atomic E-state index is 12.4. The first-order valence-electron chi connectivity index (χ1n) is 8.65. The van der Waals surface area contributed by atoms with Crippen LogP contribution in [0.1, 0.15) is 22.9 Å². The van der Waals surface area contributed by atoms with Crippen molar-refractivity contribution in [2.75, 3.05) is 5.32 Å². The number of nitrogens with zero attached hydrogens (tertiary/aromatic N) is 1. The highest BCUT2D eigenvalue weighted by Gasteiger charge is 2.18. The van der Waals surface area contributed by atoms with Crippen LogP contribution in [0.2, 0.25) is 0 Å². The van der Waals surface area contributed by atoms with Gasteiger partial charge in [-0.15, -0.1) is 11.3 Å². The number of amides is 3. The van der Waals surface area contributed by atoms with E-state index in [1.807, 2.05) is 29.6 Å². The second-order valence-corrected chi connectivity index (χ2v) is 7.17. The van der Waals surface area contributed by atoms with E-state index in [4.69, 9.17) is 5.73 Å². The number of aromatic nitrogens is 1. The number of carbonyl (C=O) groups excluding carboxylic acids is 2. The quantitative estimate of drug-likeness (QED) is 0.572. The van der Waals surface area contributed by atoms with Gasteiger partial charge in [0.1, 0.15) is 0 Å². The number of benzene rings is 1. The van der Waals surface area contributed by atoms with Gasteiger partial charge in [0.2, 0.25) is 5.91 Å². The third-order valence-electron chi connectivity index (χ3n) is 4.08. The molecule has 0 radical (unpaired) electrons. The Kier molecular flexibility index (Phi) is 6.23. The van der Waals surface area contributed by atoms with Crippen LogP contribution >= 0.6 is 11.3 Å². The second-order valence-electron chi connectivity index (χ2n) is 6.19. The summed E-state index contributed by atoms with van der Waals surface area (Å²) in [6, 6.07) is 14.8. The van der Waals surface area contributed by atoms with Crippen molar-refractivity contribution in [1.82, 2.24) is 9.88 Å². The molecule has 4 N–H and O–H groups in total. The van der Waals surface area contributed by atoms with Gasteiger partial charge in [-0.2, -0.15) is 0 Å². The van der Waals surface area contributed by atoms with Crippen molar-refractivity contribution >= 4 is 29.0 Å². The van der Waals surface area contributed by atoms with Crippen LogP contribution in [0.4, 0.5) is 10.5 Å². The van der Waals surface area contributed by atoms with E-state index < -0.39 is 12.1 Å². The summed E-state index contributed by atoms with van der Waals surface area (Å²) in [5.41, 5.74) is 6.73. The number of hydrogen-bond acceptors (Lipinski definition) is 4. The zero-order valence-corrected chi connectivity index (χ0v) is 15.8. The molecule has 2 heterocycles. The van der Waals surface area contributed by atoms with E-state index in [9.17, 15) is 14.4 Å². The van der Waals surface area contributed by atoms with Gasteiger partial charge >= 0.3 is 6.03 Å². The Morgan fingerprint density at radius 1 is 1.07 bits per heavy atom. The lowest BCUT2D eigenvalue weighted by Crippen LogP contribution is -2.34. The lowest BCUT2D eigenvalue weighted by Gasteiger charge is -2.16. The number of urea groups is 1. The summed E-state index contributed by atoms with van der Waals surface area (Å²) in [6.45, 7) is 0.455. The predicted molar refractivity (Wildman–Crippen MR) is 109 cm³/mol. The molecule has 0 aliphatic rings. The van der Waals surface area contributed by atoms with Crippen molar-refractivity contribution in [2.24, 2.45) is 5.73 Å². The van der Waals surface area contributed by atoms with Gasteiger partial charge in [-0.3, -0.25) is 9.59 Å². The van der Waals surface area contributed by atoms with Gasteiger partial charge in [0.25, 0.3) is 5.56 Å². The van der Waals surface area contributed by atoms with Gasteiger partial charge in [-0.1, -0.05) is 24.3 Å². The van der Waals surface area contributed by atoms with Crippen LogP contribution < -0.4 is 21.9 Å². The topological polar surface area (TPSA) is 106 Å². The summed E-state index contributed by atoms with van der Waals surface area (Å²) in [6.07, 6.45) is 1.80. The molecule has 1 atom stereocenters. The molecule has 8 heteroatoms. The molecule has 1 unspecified atom stereocenters. The van der Waals surface area contributed by atoms with E-state index in [0.717, 1.165) is 10.4 Å². The molecular weight excluding hydrogens is 376 g/mol. The monoisotopic (exact) mass is 396 g/mol. The summed E-state index contributed by atoms with van der Waals surface area (Å²) in [7, 11) is 0. The summed E-state index contributed by atoms with van der Waals surface area (Å²) in [4.78, 5) is 36.2. The molecule has 3 amide bonds. The van der Waals surface area contributed by atoms with Crippen molar-refractivity contribution in [2.45, 2.75) is 19.0 Å². The maximum atomic E-state index is 12.4. The number of pyridine rings is 1. The van der Waals surface area contributed by atoms with Gasteiger partial charge in [-0.05, 0) is 35.2 Å². The van der Waals surface area contributed by atoms with E-state index in [1.54, 1.807) is 35.0 Å². The number of thiophene rings is 1. The van der Waals surface area contributed by atoms with Crippen molar-refractivity contribution in [1.29, 1.82) is 0 Å². The van der Waals surface area contributed by atoms with Crippen LogP contribution in [-0.4, -0.2) is 16.5 Å². The van der Waals surface area contributed by atoms with Crippen LogP contribution in [0.5, 0.6) is 0 Å². The molecule has 2 aromatic heterocycles. The normalized spacial score (nSPS) is 11.6. The fourth-order valence-electron chi connectivity index (χ4n) is 2.76. The third kappa shape index (κ3) is 5.31. The molecule has 1 aromatic carbocycles. The van der Waals surface area contributed by atoms with E-state index in [-0.39, 0.29) is 17.9 Å². The average molecular weight is 396 g/mol. The van der Waals surface area contributed by atoms with Gasteiger partial charge in [-0.25, -0.2) is 4.79 Å². The number of nitrogens with two attached hydrogens (primary N) is 1. The second kappa shape index (κ2) is 9.01. The van der Waals surface area contributed by atoms with Crippen molar-refractivity contribution < 1.29 is 9.59 Å². The van der Waals surface area contributed by atoms with Gasteiger partial charge in [0, 0.05) is 22.8 Å². The molecule has 0 aliphatic carbocycles. The molecule has 0 spiro atoms. The molecule has 3 rings (SSSR count). The van der Waals surface area contributed by atoms with Gasteiger partial charge in [0.15, 0.2) is 0 Å². The summed E-state index contributed by atoms with van der Waals surface area (Å²) < 4.78 is 1.61. The summed E-state index contributed by atoms with van der Waals surface area (Å²) in [5, 5.41) is 7.29. The van der Waals surface area contributed by atoms with Crippen molar-refractivity contribution in [3.05, 3.63) is 87.0 Å². The number of primary amides is 1. The van der Waals surface area contributed by atoms with Crippen LogP contribution in [-0.2, 0) is 11.3 Å². The third-order valence-corrected chi connectivity index (χ3v) is 5.07. The van der Waals surface area contributed by atoms with Crippen LogP contribution in [0.3, 0.4) is 0 Å². The predicted octanol–water partition coefficient (Wildman–Crippen LogP) is 2.70. The molecule has 7 nitrogen and oxygen atoms in total. The van der Waals surface area contributed by atoms with Crippen LogP contribution in [0, 0.1) is 0 Å². The van der Waals surface area contributed by atoms with E-state index in [1.165, 1.54) is 17.4 Å². The van der Waals surface area contributed by atoms with Gasteiger partial charge in [0.05, 0.1) is 19.0 Å². The van der Waals surface area contributed by atoms with Crippen LogP contribution in [0.15, 0.2) is 71.0 Å². The standard InChI is InChI=1S/C20H20N4O3S/c21-20(27)23-16(17-4-3-11-28-17)12-18(25)22-15-8-6-14(7-9-15)13-24-10-2-1-5-19(24)26/h1-11,16H,12-13H2,(H,22,25)(H3,21,23,27).